The molecule has 0 radical (unpaired) electrons. The van der Waals surface area contributed by atoms with Gasteiger partial charge in [-0.2, -0.15) is 5.10 Å². The first-order chi connectivity index (χ1) is 4.84. The average Bonchev–Trinajstić information content (AvgIpc) is 2.38. The van der Waals surface area contributed by atoms with E-state index in [0.717, 1.165) is 0 Å². The number of aromatic amines is 1. The van der Waals surface area contributed by atoms with E-state index >= 15 is 0 Å². The maximum absolute atomic E-state index is 10.7. The van der Waals surface area contributed by atoms with Crippen LogP contribution >= 0.6 is 0 Å². The van der Waals surface area contributed by atoms with Crippen molar-refractivity contribution >= 4 is 5.97 Å². The number of carbonyl (C=O) groups is 1. The summed E-state index contributed by atoms with van der Waals surface area (Å²) in [6, 6.07) is 0. The Morgan fingerprint density at radius 1 is 1.82 bits per heavy atom. The van der Waals surface area contributed by atoms with Gasteiger partial charge < -0.3 is 4.74 Å². The van der Waals surface area contributed by atoms with Crippen molar-refractivity contribution in [1.82, 2.24) is 15.2 Å². The van der Waals surface area contributed by atoms with Crippen LogP contribution in [0.2, 0.25) is 0 Å². The predicted molar refractivity (Wildman–Crippen MR) is 32.3 cm³/mol. The quantitative estimate of drug-likeness (QED) is 0.389. The van der Waals surface area contributed by atoms with Gasteiger partial charge in [-0.15, -0.1) is 0 Å². The molecule has 0 unspecified atom stereocenters. The monoisotopic (exact) mass is 180 g/mol. The second-order valence-electron chi connectivity index (χ2n) is 1.55. The summed E-state index contributed by atoms with van der Waals surface area (Å²) in [6.45, 7) is 2.08. The Balaban J connectivity index is 0.000001000. The molecule has 1 aromatic heterocycles. The summed E-state index contributed by atoms with van der Waals surface area (Å²) in [5.41, 5.74) is 0. The first-order valence-electron chi connectivity index (χ1n) is 2.87. The number of nitrogens with one attached hydrogen (secondary N) is 1. The number of hydrogen-bond acceptors (Lipinski definition) is 4. The van der Waals surface area contributed by atoms with Gasteiger partial charge in [-0.1, -0.05) is 0 Å². The van der Waals surface area contributed by atoms with Crippen LogP contribution in [-0.4, -0.2) is 27.8 Å². The second-order valence-corrected chi connectivity index (χ2v) is 1.55. The van der Waals surface area contributed by atoms with Crippen LogP contribution in [0.3, 0.4) is 0 Å². The molecule has 0 aromatic carbocycles. The molecule has 0 aliphatic heterocycles. The van der Waals surface area contributed by atoms with Gasteiger partial charge in [-0.3, -0.25) is 5.10 Å². The minimum atomic E-state index is -0.472. The maximum atomic E-state index is 10.7. The van der Waals surface area contributed by atoms with Crippen LogP contribution in [0, 0.1) is 0 Å². The molecule has 0 amide bonds. The molecule has 0 atom stereocenters. The number of aromatic nitrogens is 3. The molecule has 0 aliphatic carbocycles. The Bertz CT molecular complexity index is 212. The molecule has 5 nitrogen and oxygen atoms in total. The number of esters is 1. The van der Waals surface area contributed by atoms with E-state index in [-0.39, 0.29) is 57.2 Å². The molecule has 1 N–H and O–H groups in total. The van der Waals surface area contributed by atoms with E-state index in [2.05, 4.69) is 19.9 Å². The van der Waals surface area contributed by atoms with E-state index < -0.39 is 5.97 Å². The molecule has 0 aliphatic rings. The SMILES string of the molecule is CCOC(=O)c1ncn[nH]1.[K+]. The summed E-state index contributed by atoms with van der Waals surface area (Å²) in [6.07, 6.45) is 1.26. The summed E-state index contributed by atoms with van der Waals surface area (Å²) in [5.74, 6) is -0.332. The van der Waals surface area contributed by atoms with Crippen LogP contribution in [0.4, 0.5) is 0 Å². The van der Waals surface area contributed by atoms with E-state index in [1.165, 1.54) is 6.33 Å². The molecule has 0 spiro atoms. The molecular weight excluding hydrogens is 173 g/mol. The van der Waals surface area contributed by atoms with E-state index in [1.54, 1.807) is 6.92 Å². The molecule has 6 heteroatoms. The Labute approximate surface area is 106 Å². The Kier molecular flexibility index (Phi) is 5.97. The number of ether oxygens (including phenoxy) is 1. The molecule has 11 heavy (non-hydrogen) atoms. The van der Waals surface area contributed by atoms with Crippen molar-refractivity contribution < 1.29 is 60.9 Å². The number of nitrogens with zero attached hydrogens (tertiary/aromatic N) is 2. The van der Waals surface area contributed by atoms with Crippen molar-refractivity contribution in [3.05, 3.63) is 12.2 Å². The van der Waals surface area contributed by atoms with Crippen molar-refractivity contribution in [3.63, 3.8) is 0 Å². The zero-order valence-corrected chi connectivity index (χ0v) is 9.62. The minimum absolute atomic E-state index is 0. The number of H-pyrrole nitrogens is 1. The largest absolute Gasteiger partial charge is 1.00 e. The average molecular weight is 180 g/mol. The fourth-order valence-electron chi connectivity index (χ4n) is 0.503. The van der Waals surface area contributed by atoms with Crippen LogP contribution in [0.25, 0.3) is 0 Å². The van der Waals surface area contributed by atoms with Crippen LogP contribution in [0.1, 0.15) is 17.5 Å². The van der Waals surface area contributed by atoms with E-state index in [9.17, 15) is 4.79 Å². The van der Waals surface area contributed by atoms with Crippen LogP contribution in [0.5, 0.6) is 0 Å². The Hall–Kier alpha value is 0.246. The molecule has 0 bridgehead atoms. The molecule has 54 valence electrons. The molecular formula is C5H7KN3O2+. The van der Waals surface area contributed by atoms with Gasteiger partial charge in [0, 0.05) is 0 Å². The zero-order valence-electron chi connectivity index (χ0n) is 6.50. The van der Waals surface area contributed by atoms with Crippen molar-refractivity contribution in [2.24, 2.45) is 0 Å². The topological polar surface area (TPSA) is 67.9 Å². The van der Waals surface area contributed by atoms with E-state index in [1.807, 2.05) is 0 Å². The Morgan fingerprint density at radius 2 is 2.55 bits per heavy atom. The third-order valence-corrected chi connectivity index (χ3v) is 0.884. The second kappa shape index (κ2) is 5.84. The predicted octanol–water partition coefficient (Wildman–Crippen LogP) is -3.01. The summed E-state index contributed by atoms with van der Waals surface area (Å²) < 4.78 is 4.61. The van der Waals surface area contributed by atoms with Crippen LogP contribution < -0.4 is 51.4 Å². The van der Waals surface area contributed by atoms with Gasteiger partial charge in [0.15, 0.2) is 0 Å². The first-order valence-corrected chi connectivity index (χ1v) is 2.87. The third kappa shape index (κ3) is 3.43. The van der Waals surface area contributed by atoms with E-state index in [0.29, 0.717) is 6.61 Å². The standard InChI is InChI=1S/C5H7N3O2.K/c1-2-10-5(9)4-6-3-7-8-4;/h3H,2H2,1H3,(H,6,7,8);/q;+1. The summed E-state index contributed by atoms with van der Waals surface area (Å²) in [4.78, 5) is 14.3. The zero-order chi connectivity index (χ0) is 7.40. The molecule has 0 saturated carbocycles. The van der Waals surface area contributed by atoms with Crippen molar-refractivity contribution in [2.45, 2.75) is 6.92 Å². The maximum Gasteiger partial charge on any atom is 1.00 e. The molecule has 1 rings (SSSR count). The number of carbonyl (C=O) groups excluding carboxylic acids is 1. The van der Waals surface area contributed by atoms with Gasteiger partial charge in [0.25, 0.3) is 0 Å². The van der Waals surface area contributed by atoms with Crippen LogP contribution in [-0.2, 0) is 4.74 Å². The third-order valence-electron chi connectivity index (χ3n) is 0.884. The molecule has 1 aromatic rings. The Morgan fingerprint density at radius 3 is 3.00 bits per heavy atom. The number of rotatable bonds is 2. The van der Waals surface area contributed by atoms with Gasteiger partial charge in [0.05, 0.1) is 6.61 Å². The van der Waals surface area contributed by atoms with Crippen molar-refractivity contribution in [1.29, 1.82) is 0 Å². The van der Waals surface area contributed by atoms with Crippen molar-refractivity contribution in [2.75, 3.05) is 6.61 Å². The van der Waals surface area contributed by atoms with Gasteiger partial charge in [0.1, 0.15) is 6.33 Å². The van der Waals surface area contributed by atoms with E-state index in [4.69, 9.17) is 0 Å². The molecule has 0 saturated heterocycles. The summed E-state index contributed by atoms with van der Waals surface area (Å²) in [7, 11) is 0. The fourth-order valence-corrected chi connectivity index (χ4v) is 0.503. The van der Waals surface area contributed by atoms with Gasteiger partial charge in [0.2, 0.25) is 5.82 Å². The minimum Gasteiger partial charge on any atom is -0.460 e. The first kappa shape index (κ1) is 11.2. The summed E-state index contributed by atoms with van der Waals surface area (Å²) in [5, 5.41) is 5.87. The molecule has 1 heterocycles. The fraction of sp³-hybridized carbons (Fsp3) is 0.400. The number of hydrogen-bond donors (Lipinski definition) is 1. The van der Waals surface area contributed by atoms with Crippen molar-refractivity contribution in [3.8, 4) is 0 Å². The summed E-state index contributed by atoms with van der Waals surface area (Å²) >= 11 is 0. The van der Waals surface area contributed by atoms with Gasteiger partial charge in [-0.05, 0) is 6.92 Å². The smallest absolute Gasteiger partial charge is 0.460 e. The molecule has 0 fully saturated rings. The van der Waals surface area contributed by atoms with Crippen LogP contribution in [0.15, 0.2) is 6.33 Å². The normalized spacial score (nSPS) is 8.45. The van der Waals surface area contributed by atoms with Gasteiger partial charge in [-0.25, -0.2) is 9.78 Å². The van der Waals surface area contributed by atoms with Gasteiger partial charge >= 0.3 is 57.4 Å².